The van der Waals surface area contributed by atoms with Crippen LogP contribution in [0.15, 0.2) is 46.9 Å². The minimum absolute atomic E-state index is 0.155. The van der Waals surface area contributed by atoms with Gasteiger partial charge in [0.2, 0.25) is 11.1 Å². The molecule has 23 heavy (non-hydrogen) atoms. The predicted molar refractivity (Wildman–Crippen MR) is 94.3 cm³/mol. The van der Waals surface area contributed by atoms with Crippen molar-refractivity contribution in [2.24, 2.45) is 0 Å². The monoisotopic (exact) mass is 365 g/mol. The van der Waals surface area contributed by atoms with Crippen LogP contribution in [0.2, 0.25) is 5.02 Å². The molecule has 0 unspecified atom stereocenters. The lowest BCUT2D eigenvalue weighted by Gasteiger charge is -2.05. The van der Waals surface area contributed by atoms with E-state index in [1.54, 1.807) is 24.3 Å². The number of thiophene rings is 1. The summed E-state index contributed by atoms with van der Waals surface area (Å²) in [6, 6.07) is 10.7. The average molecular weight is 366 g/mol. The molecule has 0 aliphatic rings. The lowest BCUT2D eigenvalue weighted by Crippen LogP contribution is -2.16. The number of rotatable bonds is 5. The highest BCUT2D eigenvalue weighted by molar-refractivity contribution is 7.99. The molecule has 1 aromatic carbocycles. The maximum absolute atomic E-state index is 12.0. The highest BCUT2D eigenvalue weighted by Crippen LogP contribution is 2.25. The van der Waals surface area contributed by atoms with Crippen molar-refractivity contribution in [1.82, 2.24) is 14.9 Å². The summed E-state index contributed by atoms with van der Waals surface area (Å²) in [6.45, 7) is 0. The Morgan fingerprint density at radius 2 is 2.09 bits per heavy atom. The zero-order chi connectivity index (χ0) is 16.2. The molecule has 0 aliphatic carbocycles. The van der Waals surface area contributed by atoms with Crippen molar-refractivity contribution in [2.75, 3.05) is 16.9 Å². The quantitative estimate of drug-likeness (QED) is 0.536. The highest BCUT2D eigenvalue weighted by Gasteiger charge is 2.14. The van der Waals surface area contributed by atoms with E-state index in [0.717, 1.165) is 4.88 Å². The molecule has 0 bridgehead atoms. The fourth-order valence-corrected chi connectivity index (χ4v) is 3.30. The number of amides is 1. The molecule has 6 nitrogen and oxygen atoms in total. The molecule has 2 aromatic heterocycles. The molecule has 118 valence electrons. The van der Waals surface area contributed by atoms with Gasteiger partial charge in [0, 0.05) is 10.7 Å². The summed E-state index contributed by atoms with van der Waals surface area (Å²) >= 11 is 8.56. The SMILES string of the molecule is Nn1c(SCC(=O)Nc2ccc(Cl)cc2)nnc1-c1cccs1. The van der Waals surface area contributed by atoms with E-state index in [0.29, 0.717) is 21.7 Å². The Balaban J connectivity index is 1.60. The lowest BCUT2D eigenvalue weighted by atomic mass is 10.3. The molecule has 0 aliphatic heterocycles. The summed E-state index contributed by atoms with van der Waals surface area (Å²) in [5.41, 5.74) is 0.688. The van der Waals surface area contributed by atoms with Crippen molar-refractivity contribution < 1.29 is 4.79 Å². The number of carbonyl (C=O) groups excluding carboxylic acids is 1. The second-order valence-electron chi connectivity index (χ2n) is 4.50. The zero-order valence-corrected chi connectivity index (χ0v) is 14.2. The number of halogens is 1. The van der Waals surface area contributed by atoms with Crippen LogP contribution < -0.4 is 11.2 Å². The van der Waals surface area contributed by atoms with Crippen LogP contribution in [-0.4, -0.2) is 26.5 Å². The minimum Gasteiger partial charge on any atom is -0.335 e. The third kappa shape index (κ3) is 3.84. The Bertz CT molecular complexity index is 801. The maximum atomic E-state index is 12.0. The van der Waals surface area contributed by atoms with Gasteiger partial charge in [-0.15, -0.1) is 21.5 Å². The van der Waals surface area contributed by atoms with E-state index in [1.807, 2.05) is 17.5 Å². The van der Waals surface area contributed by atoms with Crippen molar-refractivity contribution in [3.63, 3.8) is 0 Å². The van der Waals surface area contributed by atoms with Crippen LogP contribution in [0.1, 0.15) is 0 Å². The van der Waals surface area contributed by atoms with Gasteiger partial charge < -0.3 is 11.2 Å². The van der Waals surface area contributed by atoms with Crippen LogP contribution in [0, 0.1) is 0 Å². The van der Waals surface area contributed by atoms with Crippen LogP contribution in [-0.2, 0) is 4.79 Å². The number of hydrogen-bond donors (Lipinski definition) is 2. The number of nitrogens with one attached hydrogen (secondary N) is 1. The van der Waals surface area contributed by atoms with Gasteiger partial charge in [-0.1, -0.05) is 29.4 Å². The van der Waals surface area contributed by atoms with Crippen LogP contribution in [0.5, 0.6) is 0 Å². The first-order valence-corrected chi connectivity index (χ1v) is 8.80. The molecule has 3 N–H and O–H groups in total. The van der Waals surface area contributed by atoms with Crippen molar-refractivity contribution in [3.8, 4) is 10.7 Å². The minimum atomic E-state index is -0.155. The van der Waals surface area contributed by atoms with E-state index in [-0.39, 0.29) is 11.7 Å². The van der Waals surface area contributed by atoms with Crippen LogP contribution in [0.4, 0.5) is 5.69 Å². The van der Waals surface area contributed by atoms with Crippen LogP contribution in [0.3, 0.4) is 0 Å². The standard InChI is InChI=1S/C14H12ClN5OS2/c15-9-3-5-10(6-4-9)17-12(21)8-23-14-19-18-13(20(14)16)11-2-1-7-22-11/h1-7H,8,16H2,(H,17,21). The summed E-state index contributed by atoms with van der Waals surface area (Å²) in [4.78, 5) is 12.9. The molecule has 3 aromatic rings. The number of carbonyl (C=O) groups is 1. The number of nitrogens with zero attached hydrogens (tertiary/aromatic N) is 3. The molecule has 3 rings (SSSR count). The zero-order valence-electron chi connectivity index (χ0n) is 11.8. The topological polar surface area (TPSA) is 85.8 Å². The molecule has 0 fully saturated rings. The van der Waals surface area contributed by atoms with E-state index in [9.17, 15) is 4.79 Å². The van der Waals surface area contributed by atoms with Gasteiger partial charge in [0.15, 0.2) is 5.82 Å². The predicted octanol–water partition coefficient (Wildman–Crippen LogP) is 3.10. The Morgan fingerprint density at radius 1 is 1.30 bits per heavy atom. The summed E-state index contributed by atoms with van der Waals surface area (Å²) in [7, 11) is 0. The van der Waals surface area contributed by atoms with Gasteiger partial charge >= 0.3 is 0 Å². The Hall–Kier alpha value is -2.03. The van der Waals surface area contributed by atoms with Gasteiger partial charge in [-0.3, -0.25) is 4.79 Å². The third-order valence-corrected chi connectivity index (χ3v) is 4.93. The van der Waals surface area contributed by atoms with Crippen molar-refractivity contribution >= 4 is 46.3 Å². The summed E-state index contributed by atoms with van der Waals surface area (Å²) < 4.78 is 1.39. The number of thioether (sulfide) groups is 1. The van der Waals surface area contributed by atoms with Gasteiger partial charge in [0.1, 0.15) is 0 Å². The molecule has 0 saturated carbocycles. The first-order chi connectivity index (χ1) is 11.1. The van der Waals surface area contributed by atoms with Gasteiger partial charge in [-0.2, -0.15) is 0 Å². The van der Waals surface area contributed by atoms with Crippen LogP contribution >= 0.6 is 34.7 Å². The van der Waals surface area contributed by atoms with E-state index in [4.69, 9.17) is 17.4 Å². The Labute approximate surface area is 145 Å². The normalized spacial score (nSPS) is 10.7. The van der Waals surface area contributed by atoms with Crippen molar-refractivity contribution in [2.45, 2.75) is 5.16 Å². The van der Waals surface area contributed by atoms with E-state index in [1.165, 1.54) is 27.8 Å². The maximum Gasteiger partial charge on any atom is 0.234 e. The number of benzene rings is 1. The molecule has 1 amide bonds. The summed E-state index contributed by atoms with van der Waals surface area (Å²) in [6.07, 6.45) is 0. The molecule has 2 heterocycles. The molecule has 0 spiro atoms. The Morgan fingerprint density at radius 3 is 2.78 bits per heavy atom. The largest absolute Gasteiger partial charge is 0.335 e. The Kier molecular flexibility index (Phi) is 4.85. The fourth-order valence-electron chi connectivity index (χ4n) is 1.81. The number of aromatic nitrogens is 3. The molecule has 9 heteroatoms. The van der Waals surface area contributed by atoms with E-state index >= 15 is 0 Å². The molecule has 0 atom stereocenters. The van der Waals surface area contributed by atoms with Gasteiger partial charge in [-0.05, 0) is 35.7 Å². The van der Waals surface area contributed by atoms with E-state index in [2.05, 4.69) is 15.5 Å². The number of hydrogen-bond acceptors (Lipinski definition) is 6. The molecule has 0 saturated heterocycles. The fraction of sp³-hybridized carbons (Fsp3) is 0.0714. The van der Waals surface area contributed by atoms with Crippen molar-refractivity contribution in [1.29, 1.82) is 0 Å². The van der Waals surface area contributed by atoms with E-state index < -0.39 is 0 Å². The smallest absolute Gasteiger partial charge is 0.234 e. The number of anilines is 1. The van der Waals surface area contributed by atoms with Gasteiger partial charge in [0.25, 0.3) is 0 Å². The van der Waals surface area contributed by atoms with Crippen LogP contribution in [0.25, 0.3) is 10.7 Å². The van der Waals surface area contributed by atoms with Gasteiger partial charge in [0.05, 0.1) is 10.6 Å². The third-order valence-electron chi connectivity index (χ3n) is 2.87. The van der Waals surface area contributed by atoms with Gasteiger partial charge in [-0.25, -0.2) is 4.68 Å². The highest BCUT2D eigenvalue weighted by atomic mass is 35.5. The second kappa shape index (κ2) is 7.03. The van der Waals surface area contributed by atoms with Crippen molar-refractivity contribution in [3.05, 3.63) is 46.8 Å². The average Bonchev–Trinajstić information content (AvgIpc) is 3.17. The number of nitrogens with two attached hydrogens (primary N) is 1. The molecular formula is C14H12ClN5OS2. The summed E-state index contributed by atoms with van der Waals surface area (Å²) in [5.74, 6) is 6.59. The second-order valence-corrected chi connectivity index (χ2v) is 6.82. The number of nitrogen functional groups attached to an aromatic ring is 1. The lowest BCUT2D eigenvalue weighted by molar-refractivity contribution is -0.113. The summed E-state index contributed by atoms with van der Waals surface area (Å²) in [5, 5.41) is 13.9. The first kappa shape index (κ1) is 15.9. The molecular weight excluding hydrogens is 354 g/mol. The first-order valence-electron chi connectivity index (χ1n) is 6.56. The molecule has 0 radical (unpaired) electrons.